The lowest BCUT2D eigenvalue weighted by Gasteiger charge is -1.96. The predicted molar refractivity (Wildman–Crippen MR) is 71.6 cm³/mol. The highest BCUT2D eigenvalue weighted by Gasteiger charge is 2.05. The van der Waals surface area contributed by atoms with E-state index in [-0.39, 0.29) is 5.75 Å². The van der Waals surface area contributed by atoms with E-state index in [4.69, 9.17) is 0 Å². The molecule has 2 aromatic heterocycles. The van der Waals surface area contributed by atoms with Gasteiger partial charge in [-0.3, -0.25) is 0 Å². The van der Waals surface area contributed by atoms with Gasteiger partial charge in [0.1, 0.15) is 5.75 Å². The highest BCUT2D eigenvalue weighted by atomic mass is 79.9. The van der Waals surface area contributed by atoms with Crippen molar-refractivity contribution in [2.75, 3.05) is 0 Å². The SMILES string of the molecule is Oc1ccc2nc(Cc3ccc(Br)cc3)nn2c1. The Balaban J connectivity index is 1.92. The molecule has 1 N–H and O–H groups in total. The molecular formula is C13H10BrN3O. The number of pyridine rings is 1. The third-order valence-corrected chi connectivity index (χ3v) is 3.16. The van der Waals surface area contributed by atoms with Gasteiger partial charge in [-0.1, -0.05) is 28.1 Å². The number of fused-ring (bicyclic) bond motifs is 1. The van der Waals surface area contributed by atoms with Crippen LogP contribution in [0.5, 0.6) is 5.75 Å². The Labute approximate surface area is 112 Å². The smallest absolute Gasteiger partial charge is 0.156 e. The van der Waals surface area contributed by atoms with E-state index < -0.39 is 0 Å². The van der Waals surface area contributed by atoms with Crippen molar-refractivity contribution in [1.82, 2.24) is 14.6 Å². The van der Waals surface area contributed by atoms with E-state index in [0.717, 1.165) is 21.5 Å². The van der Waals surface area contributed by atoms with Crippen molar-refractivity contribution in [2.24, 2.45) is 0 Å². The normalized spacial score (nSPS) is 10.9. The van der Waals surface area contributed by atoms with Crippen LogP contribution in [0.1, 0.15) is 11.4 Å². The minimum absolute atomic E-state index is 0.183. The summed E-state index contributed by atoms with van der Waals surface area (Å²) in [4.78, 5) is 4.40. The second-order valence-electron chi connectivity index (χ2n) is 4.02. The van der Waals surface area contributed by atoms with Crippen molar-refractivity contribution in [3.8, 4) is 5.75 Å². The summed E-state index contributed by atoms with van der Waals surface area (Å²) in [5, 5.41) is 13.7. The largest absolute Gasteiger partial charge is 0.506 e. The molecule has 0 unspecified atom stereocenters. The van der Waals surface area contributed by atoms with E-state index in [1.54, 1.807) is 22.8 Å². The van der Waals surface area contributed by atoms with Crippen molar-refractivity contribution in [3.05, 3.63) is 58.5 Å². The van der Waals surface area contributed by atoms with E-state index in [1.807, 2.05) is 24.3 Å². The molecule has 3 aromatic rings. The summed E-state index contributed by atoms with van der Waals surface area (Å²) in [7, 11) is 0. The van der Waals surface area contributed by atoms with Gasteiger partial charge in [-0.2, -0.15) is 5.10 Å². The summed E-state index contributed by atoms with van der Waals surface area (Å²) in [6, 6.07) is 11.4. The summed E-state index contributed by atoms with van der Waals surface area (Å²) in [6.07, 6.45) is 2.23. The molecule has 1 aromatic carbocycles. The van der Waals surface area contributed by atoms with Gasteiger partial charge in [0.2, 0.25) is 0 Å². The Bertz CT molecular complexity index is 691. The van der Waals surface area contributed by atoms with Crippen molar-refractivity contribution >= 4 is 21.6 Å². The van der Waals surface area contributed by atoms with Crippen LogP contribution in [0.25, 0.3) is 5.65 Å². The van der Waals surface area contributed by atoms with Gasteiger partial charge < -0.3 is 5.11 Å². The molecule has 0 amide bonds. The first-order chi connectivity index (χ1) is 8.70. The number of hydrogen-bond donors (Lipinski definition) is 1. The Kier molecular flexibility index (Phi) is 2.76. The van der Waals surface area contributed by atoms with E-state index >= 15 is 0 Å². The van der Waals surface area contributed by atoms with E-state index in [0.29, 0.717) is 6.42 Å². The first-order valence-electron chi connectivity index (χ1n) is 5.49. The molecule has 0 saturated heterocycles. The molecule has 0 saturated carbocycles. The molecule has 0 aliphatic carbocycles. The first-order valence-corrected chi connectivity index (χ1v) is 6.29. The summed E-state index contributed by atoms with van der Waals surface area (Å²) in [5.74, 6) is 0.922. The van der Waals surface area contributed by atoms with Crippen molar-refractivity contribution in [3.63, 3.8) is 0 Å². The fourth-order valence-electron chi connectivity index (χ4n) is 1.78. The molecule has 2 heterocycles. The standard InChI is InChI=1S/C13H10BrN3O/c14-10-3-1-9(2-4-10)7-12-15-13-6-5-11(18)8-17(13)16-12/h1-6,8,18H,7H2. The zero-order valence-electron chi connectivity index (χ0n) is 9.42. The quantitative estimate of drug-likeness (QED) is 0.792. The van der Waals surface area contributed by atoms with Crippen LogP contribution >= 0.6 is 15.9 Å². The van der Waals surface area contributed by atoms with Gasteiger partial charge in [0, 0.05) is 10.9 Å². The molecule has 4 nitrogen and oxygen atoms in total. The fraction of sp³-hybridized carbons (Fsp3) is 0.0769. The van der Waals surface area contributed by atoms with E-state index in [9.17, 15) is 5.11 Å². The Morgan fingerprint density at radius 1 is 1.11 bits per heavy atom. The molecule has 0 atom stereocenters. The lowest BCUT2D eigenvalue weighted by molar-refractivity contribution is 0.470. The minimum atomic E-state index is 0.183. The summed E-state index contributed by atoms with van der Waals surface area (Å²) in [6.45, 7) is 0. The van der Waals surface area contributed by atoms with Gasteiger partial charge in [-0.15, -0.1) is 0 Å². The van der Waals surface area contributed by atoms with Gasteiger partial charge >= 0.3 is 0 Å². The van der Waals surface area contributed by atoms with Crippen LogP contribution in [0.4, 0.5) is 0 Å². The minimum Gasteiger partial charge on any atom is -0.506 e. The van der Waals surface area contributed by atoms with Crippen LogP contribution in [-0.4, -0.2) is 19.7 Å². The monoisotopic (exact) mass is 303 g/mol. The third kappa shape index (κ3) is 2.22. The molecule has 0 spiro atoms. The van der Waals surface area contributed by atoms with Crippen LogP contribution in [-0.2, 0) is 6.42 Å². The van der Waals surface area contributed by atoms with Crippen LogP contribution in [0.15, 0.2) is 47.1 Å². The molecule has 18 heavy (non-hydrogen) atoms. The molecule has 0 fully saturated rings. The molecule has 90 valence electrons. The second kappa shape index (κ2) is 4.42. The van der Waals surface area contributed by atoms with Gasteiger partial charge in [0.05, 0.1) is 6.20 Å². The highest BCUT2D eigenvalue weighted by Crippen LogP contribution is 2.14. The van der Waals surface area contributed by atoms with Gasteiger partial charge in [0.15, 0.2) is 11.5 Å². The third-order valence-electron chi connectivity index (χ3n) is 2.63. The number of aromatic nitrogens is 3. The lowest BCUT2D eigenvalue weighted by atomic mass is 10.1. The average molecular weight is 304 g/mol. The Morgan fingerprint density at radius 3 is 2.67 bits per heavy atom. The molecular weight excluding hydrogens is 294 g/mol. The van der Waals surface area contributed by atoms with E-state index in [2.05, 4.69) is 26.0 Å². The predicted octanol–water partition coefficient (Wildman–Crippen LogP) is 2.79. The van der Waals surface area contributed by atoms with E-state index in [1.165, 1.54) is 0 Å². The molecule has 0 radical (unpaired) electrons. The van der Waals surface area contributed by atoms with Crippen LogP contribution in [0.2, 0.25) is 0 Å². The lowest BCUT2D eigenvalue weighted by Crippen LogP contribution is -1.91. The van der Waals surface area contributed by atoms with Crippen LogP contribution in [0.3, 0.4) is 0 Å². The second-order valence-corrected chi connectivity index (χ2v) is 4.94. The average Bonchev–Trinajstić information content (AvgIpc) is 2.73. The Hall–Kier alpha value is -1.88. The highest BCUT2D eigenvalue weighted by molar-refractivity contribution is 9.10. The summed E-state index contributed by atoms with van der Waals surface area (Å²) in [5.41, 5.74) is 1.89. The van der Waals surface area contributed by atoms with Crippen molar-refractivity contribution in [1.29, 1.82) is 0 Å². The zero-order chi connectivity index (χ0) is 12.5. The van der Waals surface area contributed by atoms with Crippen molar-refractivity contribution < 1.29 is 5.11 Å². The maximum atomic E-state index is 9.37. The number of rotatable bonds is 2. The number of halogens is 1. The van der Waals surface area contributed by atoms with Gasteiger partial charge in [-0.05, 0) is 29.8 Å². The maximum Gasteiger partial charge on any atom is 0.156 e. The summed E-state index contributed by atoms with van der Waals surface area (Å²) < 4.78 is 2.64. The number of benzene rings is 1. The summed E-state index contributed by atoms with van der Waals surface area (Å²) >= 11 is 3.40. The number of aromatic hydroxyl groups is 1. The molecule has 0 aliphatic rings. The topological polar surface area (TPSA) is 50.4 Å². The molecule has 5 heteroatoms. The van der Waals surface area contributed by atoms with Gasteiger partial charge in [0.25, 0.3) is 0 Å². The molecule has 0 aliphatic heterocycles. The van der Waals surface area contributed by atoms with Crippen molar-refractivity contribution in [2.45, 2.75) is 6.42 Å². The number of hydrogen-bond acceptors (Lipinski definition) is 3. The van der Waals surface area contributed by atoms with Crippen LogP contribution in [0, 0.1) is 0 Å². The molecule has 0 bridgehead atoms. The zero-order valence-corrected chi connectivity index (χ0v) is 11.0. The fourth-order valence-corrected chi connectivity index (χ4v) is 2.04. The van der Waals surface area contributed by atoms with Crippen LogP contribution < -0.4 is 0 Å². The van der Waals surface area contributed by atoms with Gasteiger partial charge in [-0.25, -0.2) is 9.50 Å². The maximum absolute atomic E-state index is 9.37. The first kappa shape index (κ1) is 11.2. The molecule has 3 rings (SSSR count). The number of nitrogens with zero attached hydrogens (tertiary/aromatic N) is 3. The Morgan fingerprint density at radius 2 is 1.89 bits per heavy atom.